The zero-order chi connectivity index (χ0) is 20.1. The van der Waals surface area contributed by atoms with Gasteiger partial charge in [-0.2, -0.15) is 0 Å². The number of hydrogen-bond acceptors (Lipinski definition) is 5. The highest BCUT2D eigenvalue weighted by Crippen LogP contribution is 2.20. The van der Waals surface area contributed by atoms with Gasteiger partial charge in [0.25, 0.3) is 5.91 Å². The van der Waals surface area contributed by atoms with E-state index in [2.05, 4.69) is 27.3 Å². The number of pyridine rings is 1. The van der Waals surface area contributed by atoms with Crippen molar-refractivity contribution in [3.63, 3.8) is 0 Å². The van der Waals surface area contributed by atoms with Crippen LogP contribution in [0.3, 0.4) is 0 Å². The number of nitrogens with one attached hydrogen (secondary N) is 1. The van der Waals surface area contributed by atoms with Crippen molar-refractivity contribution in [2.75, 3.05) is 43.5 Å². The van der Waals surface area contributed by atoms with Crippen LogP contribution in [0.4, 0.5) is 17.2 Å². The molecule has 1 aliphatic heterocycles. The molecule has 0 saturated carbocycles. The summed E-state index contributed by atoms with van der Waals surface area (Å²) >= 11 is 0. The first-order valence-electron chi connectivity index (χ1n) is 9.69. The molecule has 29 heavy (non-hydrogen) atoms. The average Bonchev–Trinajstić information content (AvgIpc) is 2.80. The molecule has 0 radical (unpaired) electrons. The Balaban J connectivity index is 1.34. The van der Waals surface area contributed by atoms with Crippen molar-refractivity contribution in [3.8, 4) is 5.75 Å². The number of carbonyl (C=O) groups excluding carboxylic acids is 1. The minimum absolute atomic E-state index is 0.0289. The highest BCUT2D eigenvalue weighted by Gasteiger charge is 2.22. The van der Waals surface area contributed by atoms with E-state index in [0.29, 0.717) is 24.5 Å². The standard InChI is InChI=1S/C23H24N4O2/c1-29-21-10-8-19(9-11-21)25-22-12-7-18(17-24-22)23(28)27-15-13-26(14-16-27)20-5-3-2-4-6-20/h2-12,17H,13-16H2,1H3,(H,24,25). The third-order valence-electron chi connectivity index (χ3n) is 5.06. The van der Waals surface area contributed by atoms with Gasteiger partial charge in [0.2, 0.25) is 0 Å². The molecule has 1 saturated heterocycles. The number of ether oxygens (including phenoxy) is 1. The van der Waals surface area contributed by atoms with Gasteiger partial charge < -0.3 is 19.9 Å². The molecule has 2 heterocycles. The molecule has 0 unspecified atom stereocenters. The Hall–Kier alpha value is -3.54. The highest BCUT2D eigenvalue weighted by molar-refractivity contribution is 5.94. The van der Waals surface area contributed by atoms with Crippen LogP contribution in [0.25, 0.3) is 0 Å². The predicted molar refractivity (Wildman–Crippen MR) is 115 cm³/mol. The van der Waals surface area contributed by atoms with Crippen LogP contribution >= 0.6 is 0 Å². The van der Waals surface area contributed by atoms with E-state index < -0.39 is 0 Å². The van der Waals surface area contributed by atoms with E-state index in [1.165, 1.54) is 5.69 Å². The van der Waals surface area contributed by atoms with E-state index >= 15 is 0 Å². The summed E-state index contributed by atoms with van der Waals surface area (Å²) in [7, 11) is 1.64. The van der Waals surface area contributed by atoms with Crippen molar-refractivity contribution >= 4 is 23.1 Å². The Bertz CT molecular complexity index is 935. The first kappa shape index (κ1) is 18.8. The van der Waals surface area contributed by atoms with Crippen molar-refractivity contribution in [1.82, 2.24) is 9.88 Å². The molecular weight excluding hydrogens is 364 g/mol. The summed E-state index contributed by atoms with van der Waals surface area (Å²) < 4.78 is 5.16. The Morgan fingerprint density at radius 2 is 1.66 bits per heavy atom. The molecule has 3 aromatic rings. The quantitative estimate of drug-likeness (QED) is 0.721. The van der Waals surface area contributed by atoms with Crippen LogP contribution in [-0.2, 0) is 0 Å². The lowest BCUT2D eigenvalue weighted by Gasteiger charge is -2.36. The Labute approximate surface area is 170 Å². The van der Waals surface area contributed by atoms with Crippen LogP contribution in [0.15, 0.2) is 72.9 Å². The lowest BCUT2D eigenvalue weighted by Crippen LogP contribution is -2.48. The number of anilines is 3. The lowest BCUT2D eigenvalue weighted by atomic mass is 10.2. The molecule has 1 aliphatic rings. The number of carbonyl (C=O) groups is 1. The second-order valence-corrected chi connectivity index (χ2v) is 6.90. The number of rotatable bonds is 5. The first-order valence-corrected chi connectivity index (χ1v) is 9.69. The lowest BCUT2D eigenvalue weighted by molar-refractivity contribution is 0.0746. The summed E-state index contributed by atoms with van der Waals surface area (Å²) in [6.07, 6.45) is 1.64. The molecule has 1 fully saturated rings. The highest BCUT2D eigenvalue weighted by atomic mass is 16.5. The van der Waals surface area contributed by atoms with Crippen LogP contribution in [0, 0.1) is 0 Å². The summed E-state index contributed by atoms with van der Waals surface area (Å²) in [5, 5.41) is 3.23. The fourth-order valence-electron chi connectivity index (χ4n) is 3.41. The van der Waals surface area contributed by atoms with E-state index in [4.69, 9.17) is 4.74 Å². The molecule has 6 nitrogen and oxygen atoms in total. The molecule has 0 bridgehead atoms. The van der Waals surface area contributed by atoms with Gasteiger partial charge >= 0.3 is 0 Å². The van der Waals surface area contributed by atoms with Gasteiger partial charge in [0.1, 0.15) is 11.6 Å². The van der Waals surface area contributed by atoms with Crippen molar-refractivity contribution in [1.29, 1.82) is 0 Å². The Morgan fingerprint density at radius 3 is 2.28 bits per heavy atom. The molecule has 0 aliphatic carbocycles. The molecule has 0 atom stereocenters. The summed E-state index contributed by atoms with van der Waals surface area (Å²) in [6, 6.07) is 21.6. The Morgan fingerprint density at radius 1 is 0.931 bits per heavy atom. The normalized spacial score (nSPS) is 13.8. The summed E-state index contributed by atoms with van der Waals surface area (Å²) in [5.41, 5.74) is 2.73. The van der Waals surface area contributed by atoms with Crippen molar-refractivity contribution in [3.05, 3.63) is 78.5 Å². The van der Waals surface area contributed by atoms with E-state index in [9.17, 15) is 4.79 Å². The SMILES string of the molecule is COc1ccc(Nc2ccc(C(=O)N3CCN(c4ccccc4)CC3)cn2)cc1. The maximum absolute atomic E-state index is 12.8. The van der Waals surface area contributed by atoms with Gasteiger partial charge in [-0.05, 0) is 48.5 Å². The number of para-hydroxylation sites is 1. The maximum atomic E-state index is 12.8. The molecule has 1 N–H and O–H groups in total. The fraction of sp³-hybridized carbons (Fsp3) is 0.217. The molecule has 2 aromatic carbocycles. The number of benzene rings is 2. The first-order chi connectivity index (χ1) is 14.2. The third-order valence-corrected chi connectivity index (χ3v) is 5.06. The number of amides is 1. The van der Waals surface area contributed by atoms with E-state index in [0.717, 1.165) is 24.5 Å². The van der Waals surface area contributed by atoms with E-state index in [-0.39, 0.29) is 5.91 Å². The van der Waals surface area contributed by atoms with Gasteiger partial charge in [-0.1, -0.05) is 18.2 Å². The second-order valence-electron chi connectivity index (χ2n) is 6.90. The smallest absolute Gasteiger partial charge is 0.255 e. The number of hydrogen-bond donors (Lipinski definition) is 1. The van der Waals surface area contributed by atoms with Crippen molar-refractivity contribution in [2.24, 2.45) is 0 Å². The van der Waals surface area contributed by atoms with Crippen LogP contribution in [-0.4, -0.2) is 49.1 Å². The average molecular weight is 388 g/mol. The molecule has 4 rings (SSSR count). The summed E-state index contributed by atoms with van der Waals surface area (Å²) in [5.74, 6) is 1.53. The second kappa shape index (κ2) is 8.65. The number of methoxy groups -OCH3 is 1. The molecule has 1 amide bonds. The topological polar surface area (TPSA) is 57.7 Å². The van der Waals surface area contributed by atoms with Crippen LogP contribution in [0.5, 0.6) is 5.75 Å². The van der Waals surface area contributed by atoms with Gasteiger partial charge in [0, 0.05) is 43.8 Å². The zero-order valence-corrected chi connectivity index (χ0v) is 16.4. The van der Waals surface area contributed by atoms with Crippen molar-refractivity contribution < 1.29 is 9.53 Å². The summed E-state index contributed by atoms with van der Waals surface area (Å²) in [4.78, 5) is 21.4. The number of aromatic nitrogens is 1. The van der Waals surface area contributed by atoms with Crippen LogP contribution in [0.2, 0.25) is 0 Å². The van der Waals surface area contributed by atoms with E-state index in [1.54, 1.807) is 13.3 Å². The summed E-state index contributed by atoms with van der Waals surface area (Å²) in [6.45, 7) is 3.08. The van der Waals surface area contributed by atoms with Gasteiger partial charge in [0.05, 0.1) is 12.7 Å². The molecule has 6 heteroatoms. The molecule has 148 valence electrons. The molecular formula is C23H24N4O2. The maximum Gasteiger partial charge on any atom is 0.255 e. The van der Waals surface area contributed by atoms with Gasteiger partial charge in [-0.3, -0.25) is 4.79 Å². The number of nitrogens with zero attached hydrogens (tertiary/aromatic N) is 3. The van der Waals surface area contributed by atoms with Gasteiger partial charge in [0.15, 0.2) is 0 Å². The monoisotopic (exact) mass is 388 g/mol. The molecule has 0 spiro atoms. The van der Waals surface area contributed by atoms with Gasteiger partial charge in [-0.15, -0.1) is 0 Å². The van der Waals surface area contributed by atoms with E-state index in [1.807, 2.05) is 59.5 Å². The fourth-order valence-corrected chi connectivity index (χ4v) is 3.41. The Kier molecular flexibility index (Phi) is 5.61. The zero-order valence-electron chi connectivity index (χ0n) is 16.4. The number of piperazine rings is 1. The molecule has 1 aromatic heterocycles. The largest absolute Gasteiger partial charge is 0.497 e. The van der Waals surface area contributed by atoms with Crippen LogP contribution in [0.1, 0.15) is 10.4 Å². The minimum atomic E-state index is 0.0289. The van der Waals surface area contributed by atoms with Crippen LogP contribution < -0.4 is 15.0 Å². The predicted octanol–water partition coefficient (Wildman–Crippen LogP) is 3.80. The third kappa shape index (κ3) is 4.48. The van der Waals surface area contributed by atoms with Crippen molar-refractivity contribution in [2.45, 2.75) is 0 Å². The minimum Gasteiger partial charge on any atom is -0.497 e. The van der Waals surface area contributed by atoms with Gasteiger partial charge in [-0.25, -0.2) is 4.98 Å².